The van der Waals surface area contributed by atoms with E-state index >= 15 is 0 Å². The van der Waals surface area contributed by atoms with Gasteiger partial charge in [0.25, 0.3) is 11.8 Å². The van der Waals surface area contributed by atoms with Crippen molar-refractivity contribution in [2.75, 3.05) is 18.6 Å². The van der Waals surface area contributed by atoms with Gasteiger partial charge in [-0.05, 0) is 54.4 Å². The Bertz CT molecular complexity index is 1160. The summed E-state index contributed by atoms with van der Waals surface area (Å²) in [5, 5.41) is 0. The van der Waals surface area contributed by atoms with Crippen molar-refractivity contribution < 1.29 is 18.7 Å². The van der Waals surface area contributed by atoms with E-state index in [0.29, 0.717) is 35.8 Å². The summed E-state index contributed by atoms with van der Waals surface area (Å²) in [6.07, 6.45) is 0. The fourth-order valence-electron chi connectivity index (χ4n) is 3.81. The Kier molecular flexibility index (Phi) is 6.03. The number of ether oxygens (including phenoxy) is 1. The van der Waals surface area contributed by atoms with Crippen molar-refractivity contribution in [1.82, 2.24) is 4.90 Å². The number of rotatable bonds is 7. The third-order valence-corrected chi connectivity index (χ3v) is 5.44. The predicted molar refractivity (Wildman–Crippen MR) is 121 cm³/mol. The Balaban J connectivity index is 1.80. The van der Waals surface area contributed by atoms with Gasteiger partial charge in [-0.15, -0.1) is 0 Å². The van der Waals surface area contributed by atoms with Gasteiger partial charge in [-0.25, -0.2) is 9.29 Å². The van der Waals surface area contributed by atoms with Crippen molar-refractivity contribution in [3.8, 4) is 5.75 Å². The highest BCUT2D eigenvalue weighted by Crippen LogP contribution is 2.36. The van der Waals surface area contributed by atoms with Crippen LogP contribution in [0, 0.1) is 5.82 Å². The van der Waals surface area contributed by atoms with Gasteiger partial charge < -0.3 is 9.64 Å². The zero-order chi connectivity index (χ0) is 22.7. The molecule has 0 fully saturated rings. The van der Waals surface area contributed by atoms with E-state index in [4.69, 9.17) is 4.74 Å². The van der Waals surface area contributed by atoms with Crippen LogP contribution < -0.4 is 9.64 Å². The van der Waals surface area contributed by atoms with E-state index in [1.807, 2.05) is 42.2 Å². The minimum absolute atomic E-state index is 0.267. The van der Waals surface area contributed by atoms with E-state index < -0.39 is 17.6 Å². The number of anilines is 1. The Hall–Kier alpha value is -3.93. The smallest absolute Gasteiger partial charge is 0.282 e. The van der Waals surface area contributed by atoms with Crippen LogP contribution in [0.15, 0.2) is 84.6 Å². The number of methoxy groups -OCH3 is 1. The molecule has 0 aromatic heterocycles. The second-order valence-corrected chi connectivity index (χ2v) is 7.37. The molecule has 0 spiro atoms. The first-order valence-corrected chi connectivity index (χ1v) is 10.4. The first kappa shape index (κ1) is 21.3. The summed E-state index contributed by atoms with van der Waals surface area (Å²) in [5.74, 6) is -0.624. The van der Waals surface area contributed by atoms with E-state index in [0.717, 1.165) is 5.56 Å². The second kappa shape index (κ2) is 9.06. The van der Waals surface area contributed by atoms with Crippen molar-refractivity contribution >= 4 is 23.1 Å². The normalized spacial score (nSPS) is 13.7. The number of carbonyl (C=O) groups is 2. The number of carbonyl (C=O) groups excluding carboxylic acids is 2. The Morgan fingerprint density at radius 3 is 2.12 bits per heavy atom. The molecule has 5 nitrogen and oxygen atoms in total. The molecule has 0 aliphatic carbocycles. The third-order valence-electron chi connectivity index (χ3n) is 5.44. The number of amides is 2. The molecule has 0 bridgehead atoms. The highest BCUT2D eigenvalue weighted by molar-refractivity contribution is 6.45. The Labute approximate surface area is 186 Å². The van der Waals surface area contributed by atoms with E-state index in [1.165, 1.54) is 29.2 Å². The van der Waals surface area contributed by atoms with Crippen LogP contribution in [0.2, 0.25) is 0 Å². The molecule has 1 aliphatic rings. The number of hydrogen-bond acceptors (Lipinski definition) is 4. The first-order valence-electron chi connectivity index (χ1n) is 10.4. The molecule has 4 rings (SSSR count). The Morgan fingerprint density at radius 2 is 1.53 bits per heavy atom. The van der Waals surface area contributed by atoms with Gasteiger partial charge in [0.1, 0.15) is 17.3 Å². The van der Waals surface area contributed by atoms with Gasteiger partial charge in [-0.1, -0.05) is 42.5 Å². The maximum Gasteiger partial charge on any atom is 0.282 e. The van der Waals surface area contributed by atoms with Crippen LogP contribution in [0.5, 0.6) is 5.75 Å². The van der Waals surface area contributed by atoms with Crippen molar-refractivity contribution in [1.29, 1.82) is 0 Å². The maximum atomic E-state index is 13.6. The Morgan fingerprint density at radius 1 is 0.875 bits per heavy atom. The lowest BCUT2D eigenvalue weighted by molar-refractivity contribution is -0.120. The molecule has 162 valence electrons. The van der Waals surface area contributed by atoms with Crippen molar-refractivity contribution in [3.05, 3.63) is 102 Å². The standard InChI is InChI=1S/C26H23FN2O3/c1-3-28(17-18-7-5-4-6-8-18)24-23(19-9-11-20(27)12-10-19)25(30)29(26(24)31)21-13-15-22(32-2)16-14-21/h4-16H,3,17H2,1-2H3. The van der Waals surface area contributed by atoms with Gasteiger partial charge >= 0.3 is 0 Å². The van der Waals surface area contributed by atoms with Gasteiger partial charge in [0.05, 0.1) is 18.4 Å². The van der Waals surface area contributed by atoms with Crippen LogP contribution in [0.1, 0.15) is 18.1 Å². The third kappa shape index (κ3) is 3.99. The fraction of sp³-hybridized carbons (Fsp3) is 0.154. The molecule has 6 heteroatoms. The van der Waals surface area contributed by atoms with E-state index in [1.54, 1.807) is 31.4 Å². The molecule has 3 aromatic rings. The average molecular weight is 430 g/mol. The lowest BCUT2D eigenvalue weighted by atomic mass is 10.0. The molecule has 3 aromatic carbocycles. The van der Waals surface area contributed by atoms with Gasteiger partial charge in [-0.3, -0.25) is 9.59 Å². The zero-order valence-electron chi connectivity index (χ0n) is 17.9. The molecule has 32 heavy (non-hydrogen) atoms. The summed E-state index contributed by atoms with van der Waals surface area (Å²) in [5.41, 5.74) is 2.55. The maximum absolute atomic E-state index is 13.6. The highest BCUT2D eigenvalue weighted by Gasteiger charge is 2.42. The van der Waals surface area contributed by atoms with Crippen LogP contribution in [0.4, 0.5) is 10.1 Å². The van der Waals surface area contributed by atoms with Crippen LogP contribution >= 0.6 is 0 Å². The van der Waals surface area contributed by atoms with E-state index in [9.17, 15) is 14.0 Å². The van der Waals surface area contributed by atoms with Crippen LogP contribution in [-0.4, -0.2) is 30.4 Å². The number of benzene rings is 3. The molecular formula is C26H23FN2O3. The minimum Gasteiger partial charge on any atom is -0.497 e. The summed E-state index contributed by atoms with van der Waals surface area (Å²) in [4.78, 5) is 30.2. The lowest BCUT2D eigenvalue weighted by Crippen LogP contribution is -2.35. The molecule has 1 aliphatic heterocycles. The topological polar surface area (TPSA) is 49.9 Å². The van der Waals surface area contributed by atoms with E-state index in [2.05, 4.69) is 0 Å². The number of likely N-dealkylation sites (N-methyl/N-ethyl adjacent to an activating group) is 1. The summed E-state index contributed by atoms with van der Waals surface area (Å²) < 4.78 is 18.8. The van der Waals surface area contributed by atoms with Crippen molar-refractivity contribution in [2.24, 2.45) is 0 Å². The number of nitrogens with zero attached hydrogens (tertiary/aromatic N) is 2. The molecule has 1 heterocycles. The molecule has 0 unspecified atom stereocenters. The van der Waals surface area contributed by atoms with E-state index in [-0.39, 0.29) is 5.57 Å². The van der Waals surface area contributed by atoms with Gasteiger partial charge in [0.2, 0.25) is 0 Å². The molecule has 0 atom stereocenters. The first-order chi connectivity index (χ1) is 15.5. The monoisotopic (exact) mass is 430 g/mol. The summed E-state index contributed by atoms with van der Waals surface area (Å²) in [6.45, 7) is 2.92. The lowest BCUT2D eigenvalue weighted by Gasteiger charge is -2.25. The average Bonchev–Trinajstić information content (AvgIpc) is 3.08. The molecule has 0 N–H and O–H groups in total. The number of hydrogen-bond donors (Lipinski definition) is 0. The number of halogens is 1. The zero-order valence-corrected chi connectivity index (χ0v) is 17.9. The largest absolute Gasteiger partial charge is 0.497 e. The van der Waals surface area contributed by atoms with Crippen LogP contribution in [0.3, 0.4) is 0 Å². The van der Waals surface area contributed by atoms with Gasteiger partial charge in [-0.2, -0.15) is 0 Å². The minimum atomic E-state index is -0.437. The summed E-state index contributed by atoms with van der Waals surface area (Å²) in [6, 6.07) is 22.1. The highest BCUT2D eigenvalue weighted by atomic mass is 19.1. The van der Waals surface area contributed by atoms with Crippen LogP contribution in [0.25, 0.3) is 5.57 Å². The summed E-state index contributed by atoms with van der Waals surface area (Å²) in [7, 11) is 1.55. The second-order valence-electron chi connectivity index (χ2n) is 7.37. The molecule has 0 saturated carbocycles. The molecule has 0 radical (unpaired) electrons. The van der Waals surface area contributed by atoms with Crippen LogP contribution in [-0.2, 0) is 16.1 Å². The molecule has 2 amide bonds. The van der Waals surface area contributed by atoms with Gasteiger partial charge in [0, 0.05) is 13.1 Å². The molecular weight excluding hydrogens is 407 g/mol. The van der Waals surface area contributed by atoms with Crippen molar-refractivity contribution in [2.45, 2.75) is 13.5 Å². The van der Waals surface area contributed by atoms with Gasteiger partial charge in [0.15, 0.2) is 0 Å². The number of imide groups is 1. The summed E-state index contributed by atoms with van der Waals surface area (Å²) >= 11 is 0. The fourth-order valence-corrected chi connectivity index (χ4v) is 3.81. The van der Waals surface area contributed by atoms with Crippen molar-refractivity contribution in [3.63, 3.8) is 0 Å². The quantitative estimate of drug-likeness (QED) is 0.513. The predicted octanol–water partition coefficient (Wildman–Crippen LogP) is 4.64. The molecule has 0 saturated heterocycles. The SMILES string of the molecule is CCN(Cc1ccccc1)C1=C(c2ccc(F)cc2)C(=O)N(c2ccc(OC)cc2)C1=O.